The van der Waals surface area contributed by atoms with Crippen LogP contribution in [0.1, 0.15) is 24.9 Å². The van der Waals surface area contributed by atoms with E-state index in [1.54, 1.807) is 27.4 Å². The maximum atomic E-state index is 6.28. The Morgan fingerprint density at radius 1 is 1.00 bits per heavy atom. The van der Waals surface area contributed by atoms with E-state index in [0.717, 1.165) is 12.0 Å². The van der Waals surface area contributed by atoms with Gasteiger partial charge in [-0.3, -0.25) is 0 Å². The molecule has 1 aromatic rings. The number of methoxy groups -OCH3 is 3. The van der Waals surface area contributed by atoms with Gasteiger partial charge in [-0.1, -0.05) is 6.92 Å². The molecule has 5 nitrogen and oxygen atoms in total. The van der Waals surface area contributed by atoms with Gasteiger partial charge in [0, 0.05) is 17.7 Å². The molecule has 2 unspecified atom stereocenters. The molecule has 0 aromatic heterocycles. The van der Waals surface area contributed by atoms with Crippen molar-refractivity contribution >= 4 is 0 Å². The third kappa shape index (κ3) is 3.52. The van der Waals surface area contributed by atoms with Crippen LogP contribution < -0.4 is 25.7 Å². The maximum Gasteiger partial charge on any atom is 0.164 e. The van der Waals surface area contributed by atoms with Crippen molar-refractivity contribution in [2.45, 2.75) is 19.4 Å². The number of ether oxygens (including phenoxy) is 3. The van der Waals surface area contributed by atoms with Gasteiger partial charge < -0.3 is 25.7 Å². The highest BCUT2D eigenvalue weighted by atomic mass is 16.5. The SMILES string of the molecule is COc1cc(OC)c(C(N)C(C)CCN)cc1OC. The fraction of sp³-hybridized carbons (Fsp3) is 0.571. The first-order valence-electron chi connectivity index (χ1n) is 6.34. The third-order valence-electron chi connectivity index (χ3n) is 3.33. The molecule has 108 valence electrons. The molecule has 1 aromatic carbocycles. The highest BCUT2D eigenvalue weighted by molar-refractivity contribution is 5.51. The first kappa shape index (κ1) is 15.6. The minimum absolute atomic E-state index is 0.154. The van der Waals surface area contributed by atoms with Crippen molar-refractivity contribution in [2.75, 3.05) is 27.9 Å². The molecule has 0 aliphatic rings. The number of benzene rings is 1. The smallest absolute Gasteiger partial charge is 0.164 e. The summed E-state index contributed by atoms with van der Waals surface area (Å²) in [6.45, 7) is 2.69. The maximum absolute atomic E-state index is 6.28. The first-order valence-corrected chi connectivity index (χ1v) is 6.34. The van der Waals surface area contributed by atoms with Crippen molar-refractivity contribution in [1.29, 1.82) is 0 Å². The molecule has 4 N–H and O–H groups in total. The molecular weight excluding hydrogens is 244 g/mol. The van der Waals surface area contributed by atoms with E-state index in [9.17, 15) is 0 Å². The molecule has 1 rings (SSSR count). The van der Waals surface area contributed by atoms with Crippen molar-refractivity contribution in [3.05, 3.63) is 17.7 Å². The van der Waals surface area contributed by atoms with Crippen LogP contribution in [0.2, 0.25) is 0 Å². The molecule has 0 radical (unpaired) electrons. The van der Waals surface area contributed by atoms with Crippen molar-refractivity contribution < 1.29 is 14.2 Å². The van der Waals surface area contributed by atoms with E-state index < -0.39 is 0 Å². The first-order chi connectivity index (χ1) is 9.08. The summed E-state index contributed by atoms with van der Waals surface area (Å²) in [6, 6.07) is 3.51. The highest BCUT2D eigenvalue weighted by Crippen LogP contribution is 2.38. The molecule has 0 saturated carbocycles. The predicted octanol–water partition coefficient (Wildman–Crippen LogP) is 1.70. The zero-order valence-electron chi connectivity index (χ0n) is 12.1. The molecular formula is C14H24N2O3. The van der Waals surface area contributed by atoms with Crippen LogP contribution >= 0.6 is 0 Å². The summed E-state index contributed by atoms with van der Waals surface area (Å²) in [5.41, 5.74) is 12.8. The Hall–Kier alpha value is -1.46. The second-order valence-corrected chi connectivity index (χ2v) is 4.53. The van der Waals surface area contributed by atoms with Crippen molar-refractivity contribution in [2.24, 2.45) is 17.4 Å². The Labute approximate surface area is 114 Å². The van der Waals surface area contributed by atoms with E-state index in [0.29, 0.717) is 23.8 Å². The molecule has 0 aliphatic carbocycles. The molecule has 0 fully saturated rings. The Kier molecular flexibility index (Phi) is 5.92. The minimum atomic E-state index is -0.154. The lowest BCUT2D eigenvalue weighted by molar-refractivity contribution is 0.342. The molecule has 0 spiro atoms. The van der Waals surface area contributed by atoms with Crippen molar-refractivity contribution in [3.63, 3.8) is 0 Å². The Morgan fingerprint density at radius 3 is 2.00 bits per heavy atom. The average molecular weight is 268 g/mol. The third-order valence-corrected chi connectivity index (χ3v) is 3.33. The minimum Gasteiger partial charge on any atom is -0.496 e. The monoisotopic (exact) mass is 268 g/mol. The van der Waals surface area contributed by atoms with E-state index in [1.165, 1.54) is 0 Å². The molecule has 2 atom stereocenters. The van der Waals surface area contributed by atoms with Gasteiger partial charge in [-0.15, -0.1) is 0 Å². The van der Waals surface area contributed by atoms with Gasteiger partial charge in [0.2, 0.25) is 0 Å². The second kappa shape index (κ2) is 7.21. The van der Waals surface area contributed by atoms with Crippen LogP contribution in [0.3, 0.4) is 0 Å². The van der Waals surface area contributed by atoms with Crippen LogP contribution in [-0.2, 0) is 0 Å². The van der Waals surface area contributed by atoms with Crippen LogP contribution in [0, 0.1) is 5.92 Å². The summed E-state index contributed by atoms with van der Waals surface area (Å²) in [6.07, 6.45) is 0.860. The molecule has 0 aliphatic heterocycles. The van der Waals surface area contributed by atoms with Gasteiger partial charge in [0.15, 0.2) is 11.5 Å². The van der Waals surface area contributed by atoms with E-state index in [2.05, 4.69) is 6.92 Å². The largest absolute Gasteiger partial charge is 0.496 e. The molecule has 0 saturated heterocycles. The standard InChI is InChI=1S/C14H24N2O3/c1-9(5-6-15)14(16)10-7-12(18-3)13(19-4)8-11(10)17-2/h7-9,14H,5-6,15-16H2,1-4H3. The lowest BCUT2D eigenvalue weighted by Gasteiger charge is -2.23. The number of hydrogen-bond acceptors (Lipinski definition) is 5. The van der Waals surface area contributed by atoms with Crippen molar-refractivity contribution in [3.8, 4) is 17.2 Å². The van der Waals surface area contributed by atoms with Crippen LogP contribution in [0.15, 0.2) is 12.1 Å². The summed E-state index contributed by atoms with van der Waals surface area (Å²) in [5, 5.41) is 0. The van der Waals surface area contributed by atoms with E-state index in [-0.39, 0.29) is 12.0 Å². The van der Waals surface area contributed by atoms with Crippen LogP contribution in [0.4, 0.5) is 0 Å². The fourth-order valence-electron chi connectivity index (χ4n) is 2.06. The van der Waals surface area contributed by atoms with Crippen molar-refractivity contribution in [1.82, 2.24) is 0 Å². The molecule has 0 bridgehead atoms. The predicted molar refractivity (Wildman–Crippen MR) is 75.9 cm³/mol. The number of nitrogens with two attached hydrogens (primary N) is 2. The summed E-state index contributed by atoms with van der Waals surface area (Å²) in [5.74, 6) is 2.24. The van der Waals surface area contributed by atoms with Crippen LogP contribution in [0.25, 0.3) is 0 Å². The van der Waals surface area contributed by atoms with E-state index in [1.807, 2.05) is 6.07 Å². The Bertz CT molecular complexity index is 410. The van der Waals surface area contributed by atoms with Crippen LogP contribution in [0.5, 0.6) is 17.2 Å². The van der Waals surface area contributed by atoms with Crippen LogP contribution in [-0.4, -0.2) is 27.9 Å². The summed E-state index contributed by atoms with van der Waals surface area (Å²) in [7, 11) is 4.81. The second-order valence-electron chi connectivity index (χ2n) is 4.53. The fourth-order valence-corrected chi connectivity index (χ4v) is 2.06. The van der Waals surface area contributed by atoms with Gasteiger partial charge in [-0.2, -0.15) is 0 Å². The van der Waals surface area contributed by atoms with Gasteiger partial charge in [0.1, 0.15) is 5.75 Å². The topological polar surface area (TPSA) is 79.7 Å². The Morgan fingerprint density at radius 2 is 1.53 bits per heavy atom. The van der Waals surface area contributed by atoms with E-state index >= 15 is 0 Å². The van der Waals surface area contributed by atoms with Gasteiger partial charge in [-0.05, 0) is 24.9 Å². The van der Waals surface area contributed by atoms with Gasteiger partial charge in [-0.25, -0.2) is 0 Å². The zero-order valence-corrected chi connectivity index (χ0v) is 12.1. The molecule has 19 heavy (non-hydrogen) atoms. The summed E-state index contributed by atoms with van der Waals surface area (Å²) < 4.78 is 16.0. The van der Waals surface area contributed by atoms with Gasteiger partial charge in [0.25, 0.3) is 0 Å². The van der Waals surface area contributed by atoms with E-state index in [4.69, 9.17) is 25.7 Å². The number of hydrogen-bond donors (Lipinski definition) is 2. The van der Waals surface area contributed by atoms with Gasteiger partial charge >= 0.3 is 0 Å². The van der Waals surface area contributed by atoms with Gasteiger partial charge in [0.05, 0.1) is 21.3 Å². The molecule has 0 heterocycles. The number of rotatable bonds is 7. The lowest BCUT2D eigenvalue weighted by atomic mass is 9.92. The normalized spacial score (nSPS) is 13.8. The average Bonchev–Trinajstić information content (AvgIpc) is 2.45. The quantitative estimate of drug-likeness (QED) is 0.786. The summed E-state index contributed by atoms with van der Waals surface area (Å²) >= 11 is 0. The Balaban J connectivity index is 3.17. The lowest BCUT2D eigenvalue weighted by Crippen LogP contribution is -2.22. The zero-order chi connectivity index (χ0) is 14.4. The highest BCUT2D eigenvalue weighted by Gasteiger charge is 2.21. The molecule has 5 heteroatoms. The molecule has 0 amide bonds. The summed E-state index contributed by atoms with van der Waals surface area (Å²) in [4.78, 5) is 0.